The standard InChI is InChI=1S/C13H16FNO4S2/c1-10(20(2)17)9-15-21(18,19)13-6-5-11(4-3-7-16)8-12(13)14/h5-6,8,10,15-16H,7,9H2,1-2H3. The Bertz CT molecular complexity index is 692. The van der Waals surface area contributed by atoms with Crippen LogP contribution in [0.25, 0.3) is 0 Å². The summed E-state index contributed by atoms with van der Waals surface area (Å²) in [7, 11) is -5.19. The number of aliphatic hydroxyl groups is 1. The van der Waals surface area contributed by atoms with Gasteiger partial charge in [0.15, 0.2) is 0 Å². The first-order chi connectivity index (χ1) is 9.77. The van der Waals surface area contributed by atoms with Crippen molar-refractivity contribution in [2.45, 2.75) is 17.1 Å². The van der Waals surface area contributed by atoms with Crippen LogP contribution in [0.5, 0.6) is 0 Å². The Balaban J connectivity index is 2.96. The van der Waals surface area contributed by atoms with Crippen LogP contribution in [0.1, 0.15) is 12.5 Å². The molecule has 1 rings (SSSR count). The van der Waals surface area contributed by atoms with Gasteiger partial charge in [0.1, 0.15) is 17.3 Å². The second kappa shape index (κ2) is 7.66. The first-order valence-electron chi connectivity index (χ1n) is 5.99. The van der Waals surface area contributed by atoms with Gasteiger partial charge >= 0.3 is 0 Å². The zero-order valence-corrected chi connectivity index (χ0v) is 13.2. The van der Waals surface area contributed by atoms with Gasteiger partial charge in [-0.25, -0.2) is 17.5 Å². The lowest BCUT2D eigenvalue weighted by Gasteiger charge is -2.11. The molecule has 2 unspecified atom stereocenters. The van der Waals surface area contributed by atoms with Gasteiger partial charge < -0.3 is 5.11 Å². The molecule has 21 heavy (non-hydrogen) atoms. The maximum absolute atomic E-state index is 13.8. The van der Waals surface area contributed by atoms with E-state index in [1.54, 1.807) is 6.92 Å². The van der Waals surface area contributed by atoms with Crippen molar-refractivity contribution in [3.05, 3.63) is 29.6 Å². The van der Waals surface area contributed by atoms with Gasteiger partial charge in [-0.15, -0.1) is 0 Å². The fourth-order valence-corrected chi connectivity index (χ4v) is 2.97. The van der Waals surface area contributed by atoms with Gasteiger partial charge in [0.2, 0.25) is 10.0 Å². The van der Waals surface area contributed by atoms with Crippen molar-refractivity contribution in [2.75, 3.05) is 19.4 Å². The van der Waals surface area contributed by atoms with Crippen molar-refractivity contribution < 1.29 is 22.1 Å². The highest BCUT2D eigenvalue weighted by Crippen LogP contribution is 2.15. The molecule has 0 saturated carbocycles. The second-order valence-corrected chi connectivity index (χ2v) is 7.80. The number of benzene rings is 1. The molecule has 5 nitrogen and oxygen atoms in total. The zero-order valence-electron chi connectivity index (χ0n) is 11.6. The first kappa shape index (κ1) is 17.8. The van der Waals surface area contributed by atoms with E-state index in [1.807, 2.05) is 0 Å². The van der Waals surface area contributed by atoms with Crippen molar-refractivity contribution in [1.82, 2.24) is 4.72 Å². The fourth-order valence-electron chi connectivity index (χ4n) is 1.36. The highest BCUT2D eigenvalue weighted by molar-refractivity contribution is 7.89. The molecular formula is C13H16FNO4S2. The van der Waals surface area contributed by atoms with Crippen LogP contribution in [-0.4, -0.2) is 42.4 Å². The number of rotatable bonds is 5. The van der Waals surface area contributed by atoms with Crippen LogP contribution in [0.4, 0.5) is 4.39 Å². The van der Waals surface area contributed by atoms with E-state index in [9.17, 15) is 17.0 Å². The van der Waals surface area contributed by atoms with Crippen molar-refractivity contribution >= 4 is 20.8 Å². The molecule has 0 aliphatic heterocycles. The highest BCUT2D eigenvalue weighted by Gasteiger charge is 2.20. The van der Waals surface area contributed by atoms with E-state index in [0.29, 0.717) is 0 Å². The molecule has 116 valence electrons. The SMILES string of the molecule is CC(CNS(=O)(=O)c1ccc(C#CCO)cc1F)S(C)=O. The van der Waals surface area contributed by atoms with Gasteiger partial charge in [0.05, 0.1) is 0 Å². The molecule has 0 saturated heterocycles. The lowest BCUT2D eigenvalue weighted by atomic mass is 10.2. The summed E-state index contributed by atoms with van der Waals surface area (Å²) >= 11 is 0. The highest BCUT2D eigenvalue weighted by atomic mass is 32.2. The molecule has 0 bridgehead atoms. The lowest BCUT2D eigenvalue weighted by Crippen LogP contribution is -2.33. The van der Waals surface area contributed by atoms with Gasteiger partial charge in [-0.1, -0.05) is 11.8 Å². The number of sulfonamides is 1. The van der Waals surface area contributed by atoms with Gasteiger partial charge in [-0.05, 0) is 25.1 Å². The van der Waals surface area contributed by atoms with Crippen molar-refractivity contribution in [2.24, 2.45) is 0 Å². The Hall–Kier alpha value is -1.27. The molecule has 0 aromatic heterocycles. The van der Waals surface area contributed by atoms with Gasteiger partial charge in [-0.3, -0.25) is 4.21 Å². The van der Waals surface area contributed by atoms with E-state index < -0.39 is 31.5 Å². The van der Waals surface area contributed by atoms with Crippen LogP contribution < -0.4 is 4.72 Å². The molecule has 2 N–H and O–H groups in total. The molecule has 0 fully saturated rings. The molecule has 2 atom stereocenters. The Morgan fingerprint density at radius 1 is 1.48 bits per heavy atom. The van der Waals surface area contributed by atoms with E-state index in [1.165, 1.54) is 12.3 Å². The minimum atomic E-state index is -4.01. The Morgan fingerprint density at radius 2 is 2.14 bits per heavy atom. The predicted molar refractivity (Wildman–Crippen MR) is 79.1 cm³/mol. The molecule has 0 aliphatic rings. The summed E-state index contributed by atoms with van der Waals surface area (Å²) < 4.78 is 51.2. The normalized spacial score (nSPS) is 14.1. The molecule has 0 aliphatic carbocycles. The Kier molecular flexibility index (Phi) is 6.48. The number of nitrogens with one attached hydrogen (secondary N) is 1. The monoisotopic (exact) mass is 333 g/mol. The molecule has 0 radical (unpaired) electrons. The fraction of sp³-hybridized carbons (Fsp3) is 0.385. The Morgan fingerprint density at radius 3 is 2.67 bits per heavy atom. The molecule has 0 heterocycles. The number of aliphatic hydroxyl groups excluding tert-OH is 1. The van der Waals surface area contributed by atoms with Crippen LogP contribution in [0.3, 0.4) is 0 Å². The van der Waals surface area contributed by atoms with Crippen molar-refractivity contribution in [3.8, 4) is 11.8 Å². The summed E-state index contributed by atoms with van der Waals surface area (Å²) in [6.07, 6.45) is 1.47. The summed E-state index contributed by atoms with van der Waals surface area (Å²) in [4.78, 5) is -0.494. The third-order valence-electron chi connectivity index (χ3n) is 2.66. The van der Waals surface area contributed by atoms with E-state index in [2.05, 4.69) is 16.6 Å². The van der Waals surface area contributed by atoms with E-state index in [0.717, 1.165) is 12.1 Å². The number of hydrogen-bond donors (Lipinski definition) is 2. The first-order valence-corrected chi connectivity index (χ1v) is 9.09. The van der Waals surface area contributed by atoms with Gasteiger partial charge in [0, 0.05) is 34.4 Å². The predicted octanol–water partition coefficient (Wildman–Crippen LogP) is 0.215. The van der Waals surface area contributed by atoms with E-state index >= 15 is 0 Å². The maximum Gasteiger partial charge on any atom is 0.243 e. The summed E-state index contributed by atoms with van der Waals surface area (Å²) in [5.74, 6) is 3.89. The van der Waals surface area contributed by atoms with Gasteiger partial charge in [0.25, 0.3) is 0 Å². The Labute approximate surface area is 126 Å². The van der Waals surface area contributed by atoms with Crippen molar-refractivity contribution in [3.63, 3.8) is 0 Å². The molecular weight excluding hydrogens is 317 g/mol. The minimum Gasteiger partial charge on any atom is -0.384 e. The molecule has 8 heteroatoms. The van der Waals surface area contributed by atoms with Crippen LogP contribution in [0.15, 0.2) is 23.1 Å². The van der Waals surface area contributed by atoms with Crippen LogP contribution >= 0.6 is 0 Å². The molecule has 0 amide bonds. The summed E-state index contributed by atoms with van der Waals surface area (Å²) in [5, 5.41) is 8.17. The lowest BCUT2D eigenvalue weighted by molar-refractivity contribution is 0.350. The maximum atomic E-state index is 13.8. The average Bonchev–Trinajstić information content (AvgIpc) is 2.42. The summed E-state index contributed by atoms with van der Waals surface area (Å²) in [6, 6.07) is 3.44. The minimum absolute atomic E-state index is 0.0447. The van der Waals surface area contributed by atoms with Crippen LogP contribution in [-0.2, 0) is 20.8 Å². The molecule has 0 spiro atoms. The number of halogens is 1. The topological polar surface area (TPSA) is 83.5 Å². The third-order valence-corrected chi connectivity index (χ3v) is 5.42. The van der Waals surface area contributed by atoms with Crippen molar-refractivity contribution in [1.29, 1.82) is 0 Å². The molecule has 1 aromatic rings. The summed E-state index contributed by atoms with van der Waals surface area (Å²) in [6.45, 7) is 1.22. The third kappa shape index (κ3) is 5.21. The van der Waals surface area contributed by atoms with E-state index in [-0.39, 0.29) is 24.0 Å². The quantitative estimate of drug-likeness (QED) is 0.755. The van der Waals surface area contributed by atoms with Crippen LogP contribution in [0.2, 0.25) is 0 Å². The largest absolute Gasteiger partial charge is 0.384 e. The molecule has 1 aromatic carbocycles. The summed E-state index contributed by atoms with van der Waals surface area (Å²) in [5.41, 5.74) is 0.267. The smallest absolute Gasteiger partial charge is 0.243 e. The van der Waals surface area contributed by atoms with Crippen LogP contribution in [0, 0.1) is 17.7 Å². The second-order valence-electron chi connectivity index (χ2n) is 4.27. The van der Waals surface area contributed by atoms with Gasteiger partial charge in [-0.2, -0.15) is 0 Å². The number of hydrogen-bond acceptors (Lipinski definition) is 4. The zero-order chi connectivity index (χ0) is 16.0. The van der Waals surface area contributed by atoms with E-state index in [4.69, 9.17) is 5.11 Å². The average molecular weight is 333 g/mol.